The molecule has 0 N–H and O–H groups in total. The molecule has 0 spiro atoms. The Morgan fingerprint density at radius 1 is 1.31 bits per heavy atom. The molecule has 0 amide bonds. The van der Waals surface area contributed by atoms with Crippen LogP contribution in [0.4, 0.5) is 0 Å². The van der Waals surface area contributed by atoms with Crippen LogP contribution in [0, 0.1) is 11.3 Å². The lowest BCUT2D eigenvalue weighted by Gasteiger charge is -2.03. The Morgan fingerprint density at radius 3 is 2.62 bits per heavy atom. The van der Waals surface area contributed by atoms with Crippen LogP contribution in [0.5, 0.6) is 0 Å². The molecule has 0 saturated heterocycles. The van der Waals surface area contributed by atoms with Crippen LogP contribution in [-0.2, 0) is 12.8 Å². The lowest BCUT2D eigenvalue weighted by molar-refractivity contribution is 0.919. The fourth-order valence-electron chi connectivity index (χ4n) is 1.48. The molecule has 0 atom stereocenters. The van der Waals surface area contributed by atoms with Crippen LogP contribution < -0.4 is 0 Å². The van der Waals surface area contributed by atoms with Gasteiger partial charge in [-0.3, -0.25) is 0 Å². The summed E-state index contributed by atoms with van der Waals surface area (Å²) < 4.78 is 0. The highest BCUT2D eigenvalue weighted by molar-refractivity contribution is 5.40. The number of aryl methyl sites for hydroxylation is 2. The summed E-state index contributed by atoms with van der Waals surface area (Å²) in [6.07, 6.45) is 3.14. The van der Waals surface area contributed by atoms with Gasteiger partial charge >= 0.3 is 0 Å². The van der Waals surface area contributed by atoms with Crippen molar-refractivity contribution >= 4 is 0 Å². The van der Waals surface area contributed by atoms with Crippen molar-refractivity contribution in [1.82, 2.24) is 0 Å². The highest BCUT2D eigenvalue weighted by Crippen LogP contribution is 2.13. The van der Waals surface area contributed by atoms with Crippen molar-refractivity contribution in [3.63, 3.8) is 0 Å². The van der Waals surface area contributed by atoms with E-state index in [1.807, 2.05) is 6.07 Å². The van der Waals surface area contributed by atoms with Gasteiger partial charge < -0.3 is 0 Å². The van der Waals surface area contributed by atoms with Gasteiger partial charge in [-0.15, -0.1) is 0 Å². The first-order valence-electron chi connectivity index (χ1n) is 4.83. The third kappa shape index (κ3) is 2.32. The molecule has 0 bridgehead atoms. The van der Waals surface area contributed by atoms with Crippen LogP contribution >= 0.6 is 0 Å². The van der Waals surface area contributed by atoms with Gasteiger partial charge in [0, 0.05) is 0 Å². The van der Waals surface area contributed by atoms with Gasteiger partial charge in [-0.2, -0.15) is 5.26 Å². The van der Waals surface area contributed by atoms with E-state index in [4.69, 9.17) is 5.26 Å². The van der Waals surface area contributed by atoms with Crippen molar-refractivity contribution in [2.24, 2.45) is 0 Å². The molecule has 0 fully saturated rings. The van der Waals surface area contributed by atoms with Crippen molar-refractivity contribution in [2.75, 3.05) is 0 Å². The van der Waals surface area contributed by atoms with Crippen LogP contribution in [0.25, 0.3) is 0 Å². The van der Waals surface area contributed by atoms with Gasteiger partial charge in [-0.05, 0) is 30.0 Å². The highest BCUT2D eigenvalue weighted by Gasteiger charge is 2.00. The van der Waals surface area contributed by atoms with Crippen LogP contribution in [0.15, 0.2) is 18.2 Å². The number of nitriles is 1. The van der Waals surface area contributed by atoms with Gasteiger partial charge in [0.15, 0.2) is 0 Å². The van der Waals surface area contributed by atoms with Gasteiger partial charge in [0.05, 0.1) is 11.6 Å². The Balaban J connectivity index is 3.00. The SMILES string of the molecule is CCCc1ccc(CC)c(C#N)c1. The number of hydrogen-bond donors (Lipinski definition) is 0. The summed E-state index contributed by atoms with van der Waals surface area (Å²) in [5.74, 6) is 0. The molecule has 1 heteroatoms. The zero-order valence-corrected chi connectivity index (χ0v) is 8.30. The first-order valence-corrected chi connectivity index (χ1v) is 4.83. The van der Waals surface area contributed by atoms with E-state index in [-0.39, 0.29) is 0 Å². The van der Waals surface area contributed by atoms with Gasteiger partial charge in [-0.1, -0.05) is 32.4 Å². The Kier molecular flexibility index (Phi) is 3.52. The molecule has 0 aliphatic heterocycles. The molecule has 0 aromatic heterocycles. The normalized spacial score (nSPS) is 9.62. The fraction of sp³-hybridized carbons (Fsp3) is 0.417. The zero-order valence-electron chi connectivity index (χ0n) is 8.30. The summed E-state index contributed by atoms with van der Waals surface area (Å²) >= 11 is 0. The second-order valence-corrected chi connectivity index (χ2v) is 3.21. The second-order valence-electron chi connectivity index (χ2n) is 3.21. The third-order valence-electron chi connectivity index (χ3n) is 2.21. The monoisotopic (exact) mass is 173 g/mol. The van der Waals surface area contributed by atoms with Crippen LogP contribution in [0.2, 0.25) is 0 Å². The van der Waals surface area contributed by atoms with Gasteiger partial charge in [0.25, 0.3) is 0 Å². The molecule has 0 aliphatic rings. The minimum absolute atomic E-state index is 0.841. The van der Waals surface area contributed by atoms with E-state index in [1.165, 1.54) is 5.56 Å². The highest BCUT2D eigenvalue weighted by atomic mass is 14.2. The van der Waals surface area contributed by atoms with Crippen LogP contribution in [0.1, 0.15) is 37.0 Å². The summed E-state index contributed by atoms with van der Waals surface area (Å²) in [4.78, 5) is 0. The summed E-state index contributed by atoms with van der Waals surface area (Å²) in [5.41, 5.74) is 3.27. The molecule has 13 heavy (non-hydrogen) atoms. The minimum atomic E-state index is 0.841. The molecule has 1 nitrogen and oxygen atoms in total. The number of benzene rings is 1. The van der Waals surface area contributed by atoms with E-state index in [0.29, 0.717) is 0 Å². The maximum Gasteiger partial charge on any atom is 0.0994 e. The first-order chi connectivity index (χ1) is 6.31. The van der Waals surface area contributed by atoms with Crippen molar-refractivity contribution in [1.29, 1.82) is 5.26 Å². The van der Waals surface area contributed by atoms with Crippen molar-refractivity contribution in [3.8, 4) is 6.07 Å². The lowest BCUT2D eigenvalue weighted by atomic mass is 10.0. The zero-order chi connectivity index (χ0) is 9.68. The van der Waals surface area contributed by atoms with Gasteiger partial charge in [0.1, 0.15) is 0 Å². The van der Waals surface area contributed by atoms with E-state index in [0.717, 1.165) is 30.4 Å². The predicted molar refractivity (Wildman–Crippen MR) is 54.5 cm³/mol. The average Bonchev–Trinajstić information content (AvgIpc) is 2.18. The molecule has 0 heterocycles. The lowest BCUT2D eigenvalue weighted by Crippen LogP contribution is -1.91. The predicted octanol–water partition coefficient (Wildman–Crippen LogP) is 3.07. The number of nitrogens with zero attached hydrogens (tertiary/aromatic N) is 1. The van der Waals surface area contributed by atoms with E-state index < -0.39 is 0 Å². The molecule has 1 aromatic rings. The molecular weight excluding hydrogens is 158 g/mol. The van der Waals surface area contributed by atoms with Crippen LogP contribution in [0.3, 0.4) is 0 Å². The average molecular weight is 173 g/mol. The standard InChI is InChI=1S/C12H15N/c1-3-5-10-6-7-11(4-2)12(8-10)9-13/h6-8H,3-5H2,1-2H3. The molecule has 0 saturated carbocycles. The fourth-order valence-corrected chi connectivity index (χ4v) is 1.48. The second kappa shape index (κ2) is 4.67. The number of rotatable bonds is 3. The molecule has 1 aromatic carbocycles. The Hall–Kier alpha value is -1.29. The molecular formula is C12H15N. The summed E-state index contributed by atoms with van der Waals surface area (Å²) in [6, 6.07) is 8.46. The van der Waals surface area contributed by atoms with E-state index in [9.17, 15) is 0 Å². The first kappa shape index (κ1) is 9.80. The Morgan fingerprint density at radius 2 is 2.08 bits per heavy atom. The number of hydrogen-bond acceptors (Lipinski definition) is 1. The topological polar surface area (TPSA) is 23.8 Å². The van der Waals surface area contributed by atoms with E-state index in [2.05, 4.69) is 32.0 Å². The maximum absolute atomic E-state index is 8.89. The largest absolute Gasteiger partial charge is 0.192 e. The smallest absolute Gasteiger partial charge is 0.0994 e. The molecule has 1 rings (SSSR count). The maximum atomic E-state index is 8.89. The minimum Gasteiger partial charge on any atom is -0.192 e. The van der Waals surface area contributed by atoms with Crippen LogP contribution in [-0.4, -0.2) is 0 Å². The molecule has 0 unspecified atom stereocenters. The molecule has 0 aliphatic carbocycles. The van der Waals surface area contributed by atoms with E-state index >= 15 is 0 Å². The molecule has 0 radical (unpaired) electrons. The van der Waals surface area contributed by atoms with Crippen molar-refractivity contribution in [3.05, 3.63) is 34.9 Å². The van der Waals surface area contributed by atoms with E-state index in [1.54, 1.807) is 0 Å². The third-order valence-corrected chi connectivity index (χ3v) is 2.21. The van der Waals surface area contributed by atoms with Crippen molar-refractivity contribution < 1.29 is 0 Å². The van der Waals surface area contributed by atoms with Gasteiger partial charge in [0.2, 0.25) is 0 Å². The summed E-state index contributed by atoms with van der Waals surface area (Å²) in [7, 11) is 0. The Labute approximate surface area is 80.0 Å². The van der Waals surface area contributed by atoms with Crippen molar-refractivity contribution in [2.45, 2.75) is 33.1 Å². The summed E-state index contributed by atoms with van der Waals surface area (Å²) in [5, 5.41) is 8.89. The molecule has 68 valence electrons. The quantitative estimate of drug-likeness (QED) is 0.689. The Bertz CT molecular complexity index is 320. The summed E-state index contributed by atoms with van der Waals surface area (Å²) in [6.45, 7) is 4.23. The van der Waals surface area contributed by atoms with Gasteiger partial charge in [-0.25, -0.2) is 0 Å².